The van der Waals surface area contributed by atoms with Gasteiger partial charge in [0.1, 0.15) is 11.6 Å². The van der Waals surface area contributed by atoms with Crippen LogP contribution in [0.25, 0.3) is 0 Å². The second kappa shape index (κ2) is 10.1. The van der Waals surface area contributed by atoms with Gasteiger partial charge in [-0.15, -0.1) is 10.2 Å². The minimum atomic E-state index is -0.0285. The van der Waals surface area contributed by atoms with Crippen LogP contribution in [-0.4, -0.2) is 51.8 Å². The Labute approximate surface area is 190 Å². The number of benzene rings is 2. The van der Waals surface area contributed by atoms with Crippen LogP contribution in [0.3, 0.4) is 0 Å². The lowest BCUT2D eigenvalue weighted by atomic mass is 10.0. The molecular formula is C26H33N5O. The summed E-state index contributed by atoms with van der Waals surface area (Å²) in [7, 11) is 0. The summed E-state index contributed by atoms with van der Waals surface area (Å²) in [6.45, 7) is 10.8. The summed E-state index contributed by atoms with van der Waals surface area (Å²) in [5.41, 5.74) is 4.29. The first-order chi connectivity index (χ1) is 15.5. The molecule has 0 spiro atoms. The van der Waals surface area contributed by atoms with Crippen LogP contribution in [0.2, 0.25) is 0 Å². The molecule has 1 N–H and O–H groups in total. The topological polar surface area (TPSA) is 63.1 Å². The Morgan fingerprint density at radius 2 is 1.88 bits per heavy atom. The Morgan fingerprint density at radius 3 is 2.66 bits per heavy atom. The average molecular weight is 432 g/mol. The quantitative estimate of drug-likeness (QED) is 0.622. The fourth-order valence-electron chi connectivity index (χ4n) is 4.52. The predicted octanol–water partition coefficient (Wildman–Crippen LogP) is 3.53. The molecule has 1 aromatic heterocycles. The predicted molar refractivity (Wildman–Crippen MR) is 127 cm³/mol. The van der Waals surface area contributed by atoms with Gasteiger partial charge >= 0.3 is 0 Å². The standard InChI is InChI=1S/C26H33N5O/c1-19-9-10-23(20(2)17-19)26(32)27-13-11-24-28-29-25-12-14-30(15-16-31(24)25)18-21(3)22-7-5-4-6-8-22/h4-10,17,21H,11-16,18H2,1-3H3,(H,27,32). The molecule has 0 bridgehead atoms. The van der Waals surface area contributed by atoms with E-state index in [1.165, 1.54) is 5.56 Å². The van der Waals surface area contributed by atoms with E-state index in [1.54, 1.807) is 0 Å². The molecule has 1 unspecified atom stereocenters. The van der Waals surface area contributed by atoms with Gasteiger partial charge in [0.15, 0.2) is 0 Å². The Kier molecular flexibility index (Phi) is 7.00. The van der Waals surface area contributed by atoms with Crippen molar-refractivity contribution in [3.63, 3.8) is 0 Å². The first-order valence-corrected chi connectivity index (χ1v) is 11.5. The molecular weight excluding hydrogens is 398 g/mol. The zero-order chi connectivity index (χ0) is 22.5. The highest BCUT2D eigenvalue weighted by Crippen LogP contribution is 2.18. The maximum atomic E-state index is 12.6. The van der Waals surface area contributed by atoms with Gasteiger partial charge in [0.25, 0.3) is 5.91 Å². The normalized spacial score (nSPS) is 15.1. The van der Waals surface area contributed by atoms with Gasteiger partial charge in [-0.2, -0.15) is 0 Å². The number of aromatic nitrogens is 3. The van der Waals surface area contributed by atoms with Crippen molar-refractivity contribution < 1.29 is 4.79 Å². The molecule has 4 rings (SSSR count). The monoisotopic (exact) mass is 431 g/mol. The fourth-order valence-corrected chi connectivity index (χ4v) is 4.52. The largest absolute Gasteiger partial charge is 0.352 e. The van der Waals surface area contributed by atoms with Gasteiger partial charge in [-0.3, -0.25) is 4.79 Å². The molecule has 6 heteroatoms. The minimum absolute atomic E-state index is 0.0285. The van der Waals surface area contributed by atoms with Crippen LogP contribution in [0.5, 0.6) is 0 Å². The second-order valence-electron chi connectivity index (χ2n) is 8.87. The number of nitrogens with one attached hydrogen (secondary N) is 1. The third kappa shape index (κ3) is 5.25. The fraction of sp³-hybridized carbons (Fsp3) is 0.423. The summed E-state index contributed by atoms with van der Waals surface area (Å²) >= 11 is 0. The molecule has 0 fully saturated rings. The van der Waals surface area contributed by atoms with Crippen molar-refractivity contribution in [2.45, 2.75) is 46.1 Å². The summed E-state index contributed by atoms with van der Waals surface area (Å²) < 4.78 is 2.25. The molecule has 1 aliphatic heterocycles. The number of nitrogens with zero attached hydrogens (tertiary/aromatic N) is 4. The van der Waals surface area contributed by atoms with E-state index >= 15 is 0 Å². The third-order valence-electron chi connectivity index (χ3n) is 6.36. The van der Waals surface area contributed by atoms with Crippen molar-refractivity contribution in [2.24, 2.45) is 0 Å². The zero-order valence-electron chi connectivity index (χ0n) is 19.3. The van der Waals surface area contributed by atoms with Crippen molar-refractivity contribution in [3.8, 4) is 0 Å². The average Bonchev–Trinajstić information content (AvgIpc) is 3.06. The lowest BCUT2D eigenvalue weighted by Gasteiger charge is -2.24. The molecule has 168 valence electrons. The number of hydrogen-bond donors (Lipinski definition) is 1. The van der Waals surface area contributed by atoms with Crippen molar-refractivity contribution in [3.05, 3.63) is 82.4 Å². The molecule has 0 radical (unpaired) electrons. The molecule has 2 aromatic carbocycles. The molecule has 32 heavy (non-hydrogen) atoms. The molecule has 6 nitrogen and oxygen atoms in total. The maximum absolute atomic E-state index is 12.6. The van der Waals surface area contributed by atoms with Crippen LogP contribution in [0.4, 0.5) is 0 Å². The van der Waals surface area contributed by atoms with Crippen LogP contribution in [0.15, 0.2) is 48.5 Å². The number of carbonyl (C=O) groups excluding carboxylic acids is 1. The molecule has 0 saturated carbocycles. The van der Waals surface area contributed by atoms with Gasteiger partial charge < -0.3 is 14.8 Å². The second-order valence-corrected chi connectivity index (χ2v) is 8.87. The Morgan fingerprint density at radius 1 is 1.06 bits per heavy atom. The molecule has 0 saturated heterocycles. The van der Waals surface area contributed by atoms with Crippen molar-refractivity contribution in [1.82, 2.24) is 25.0 Å². The summed E-state index contributed by atoms with van der Waals surface area (Å²) in [5.74, 6) is 2.48. The van der Waals surface area contributed by atoms with Gasteiger partial charge in [-0.05, 0) is 37.0 Å². The van der Waals surface area contributed by atoms with E-state index in [-0.39, 0.29) is 5.91 Å². The van der Waals surface area contributed by atoms with Crippen molar-refractivity contribution >= 4 is 5.91 Å². The Bertz CT molecular complexity index is 1060. The highest BCUT2D eigenvalue weighted by atomic mass is 16.1. The van der Waals surface area contributed by atoms with Crippen LogP contribution in [0, 0.1) is 13.8 Å². The molecule has 0 aliphatic carbocycles. The first-order valence-electron chi connectivity index (χ1n) is 11.5. The summed E-state index contributed by atoms with van der Waals surface area (Å²) in [5, 5.41) is 11.9. The SMILES string of the molecule is Cc1ccc(C(=O)NCCc2nnc3n2CCN(CC(C)c2ccccc2)CC3)c(C)c1. The Hall–Kier alpha value is -2.99. The van der Waals surface area contributed by atoms with Crippen LogP contribution in [-0.2, 0) is 19.4 Å². The number of fused-ring (bicyclic) bond motifs is 1. The van der Waals surface area contributed by atoms with E-state index in [0.29, 0.717) is 18.9 Å². The highest BCUT2D eigenvalue weighted by Gasteiger charge is 2.20. The molecule has 2 heterocycles. The number of carbonyl (C=O) groups is 1. The number of rotatable bonds is 7. The smallest absolute Gasteiger partial charge is 0.251 e. The van der Waals surface area contributed by atoms with Gasteiger partial charge in [0.05, 0.1) is 0 Å². The lowest BCUT2D eigenvalue weighted by Crippen LogP contribution is -2.31. The number of hydrogen-bond acceptors (Lipinski definition) is 4. The summed E-state index contributed by atoms with van der Waals surface area (Å²) in [6, 6.07) is 16.6. The Balaban J connectivity index is 1.31. The molecule has 1 amide bonds. The highest BCUT2D eigenvalue weighted by molar-refractivity contribution is 5.95. The molecule has 3 aromatic rings. The van der Waals surface area contributed by atoms with E-state index in [4.69, 9.17) is 0 Å². The number of aryl methyl sites for hydroxylation is 2. The zero-order valence-corrected chi connectivity index (χ0v) is 19.3. The third-order valence-corrected chi connectivity index (χ3v) is 6.36. The van der Waals surface area contributed by atoms with Crippen LogP contribution >= 0.6 is 0 Å². The summed E-state index contributed by atoms with van der Waals surface area (Å²) in [6.07, 6.45) is 1.59. The summed E-state index contributed by atoms with van der Waals surface area (Å²) in [4.78, 5) is 15.1. The van der Waals surface area contributed by atoms with Gasteiger partial charge in [0, 0.05) is 51.1 Å². The van der Waals surface area contributed by atoms with E-state index in [0.717, 1.165) is 60.9 Å². The molecule has 1 atom stereocenters. The van der Waals surface area contributed by atoms with E-state index in [1.807, 2.05) is 32.0 Å². The van der Waals surface area contributed by atoms with Crippen molar-refractivity contribution in [2.75, 3.05) is 26.2 Å². The lowest BCUT2D eigenvalue weighted by molar-refractivity contribution is 0.0953. The minimum Gasteiger partial charge on any atom is -0.352 e. The number of amides is 1. The van der Waals surface area contributed by atoms with Crippen molar-refractivity contribution in [1.29, 1.82) is 0 Å². The molecule has 1 aliphatic rings. The first kappa shape index (κ1) is 22.2. The van der Waals surface area contributed by atoms with E-state index < -0.39 is 0 Å². The van der Waals surface area contributed by atoms with Crippen LogP contribution in [0.1, 0.15) is 51.5 Å². The van der Waals surface area contributed by atoms with Gasteiger partial charge in [-0.1, -0.05) is 55.0 Å². The van der Waals surface area contributed by atoms with Gasteiger partial charge in [-0.25, -0.2) is 0 Å². The van der Waals surface area contributed by atoms with E-state index in [2.05, 4.69) is 62.2 Å². The van der Waals surface area contributed by atoms with Gasteiger partial charge in [0.2, 0.25) is 0 Å². The van der Waals surface area contributed by atoms with Crippen LogP contribution < -0.4 is 5.32 Å². The maximum Gasteiger partial charge on any atom is 0.251 e. The van der Waals surface area contributed by atoms with E-state index in [9.17, 15) is 4.79 Å².